The van der Waals surface area contributed by atoms with E-state index in [2.05, 4.69) is 17.3 Å². The summed E-state index contributed by atoms with van der Waals surface area (Å²) in [5, 5.41) is 6.56. The average Bonchev–Trinajstić information content (AvgIpc) is 2.78. The number of nitrogens with one attached hydrogen (secondary N) is 1. The van der Waals surface area contributed by atoms with Gasteiger partial charge in [-0.1, -0.05) is 19.1 Å². The molecule has 3 nitrogen and oxygen atoms in total. The van der Waals surface area contributed by atoms with E-state index in [-0.39, 0.29) is 0 Å². The van der Waals surface area contributed by atoms with Gasteiger partial charge >= 0.3 is 6.18 Å². The van der Waals surface area contributed by atoms with Crippen LogP contribution in [0.4, 0.5) is 18.9 Å². The van der Waals surface area contributed by atoms with Crippen molar-refractivity contribution in [2.24, 2.45) is 7.05 Å². The molecule has 0 aliphatic carbocycles. The van der Waals surface area contributed by atoms with E-state index in [0.29, 0.717) is 12.2 Å². The summed E-state index contributed by atoms with van der Waals surface area (Å²) in [4.78, 5) is 0. The lowest BCUT2D eigenvalue weighted by molar-refractivity contribution is -0.141. The van der Waals surface area contributed by atoms with Gasteiger partial charge in [0.05, 0.1) is 12.2 Å². The van der Waals surface area contributed by atoms with E-state index >= 15 is 0 Å². The van der Waals surface area contributed by atoms with Gasteiger partial charge in [-0.2, -0.15) is 18.3 Å². The van der Waals surface area contributed by atoms with Crippen molar-refractivity contribution in [3.63, 3.8) is 0 Å². The summed E-state index contributed by atoms with van der Waals surface area (Å²) in [6.07, 6.45) is -3.45. The van der Waals surface area contributed by atoms with Crippen LogP contribution in [0.5, 0.6) is 0 Å². The Bertz CT molecular complexity index is 570. The number of benzene rings is 1. The van der Waals surface area contributed by atoms with Gasteiger partial charge in [-0.25, -0.2) is 0 Å². The number of nitrogens with zero attached hydrogens (tertiary/aromatic N) is 2. The molecule has 0 saturated heterocycles. The van der Waals surface area contributed by atoms with Crippen LogP contribution in [0.15, 0.2) is 30.3 Å². The number of anilines is 1. The fourth-order valence-electron chi connectivity index (χ4n) is 1.86. The second-order valence-corrected chi connectivity index (χ2v) is 4.55. The number of alkyl halides is 3. The van der Waals surface area contributed by atoms with Crippen LogP contribution in [-0.4, -0.2) is 9.78 Å². The van der Waals surface area contributed by atoms with Crippen LogP contribution >= 0.6 is 0 Å². The third-order valence-electron chi connectivity index (χ3n) is 3.10. The number of hydrogen-bond donors (Lipinski definition) is 1. The van der Waals surface area contributed by atoms with Gasteiger partial charge in [0.2, 0.25) is 0 Å². The molecule has 0 aliphatic heterocycles. The zero-order valence-corrected chi connectivity index (χ0v) is 11.3. The van der Waals surface area contributed by atoms with E-state index in [0.717, 1.165) is 18.2 Å². The Morgan fingerprint density at radius 2 is 1.85 bits per heavy atom. The molecule has 0 spiro atoms. The molecule has 1 N–H and O–H groups in total. The molecule has 0 aliphatic rings. The van der Waals surface area contributed by atoms with E-state index in [4.69, 9.17) is 0 Å². The van der Waals surface area contributed by atoms with Crippen LogP contribution in [0.1, 0.15) is 23.9 Å². The van der Waals surface area contributed by atoms with Crippen LogP contribution in [-0.2, 0) is 26.2 Å². The van der Waals surface area contributed by atoms with Gasteiger partial charge in [-0.3, -0.25) is 4.68 Å². The fraction of sp³-hybridized carbons (Fsp3) is 0.357. The van der Waals surface area contributed by atoms with Crippen molar-refractivity contribution < 1.29 is 13.2 Å². The zero-order valence-electron chi connectivity index (χ0n) is 11.3. The molecule has 0 saturated carbocycles. The second-order valence-electron chi connectivity index (χ2n) is 4.55. The summed E-state index contributed by atoms with van der Waals surface area (Å²) in [7, 11) is 1.51. The molecular weight excluding hydrogens is 267 g/mol. The maximum absolute atomic E-state index is 12.5. The van der Waals surface area contributed by atoms with Crippen molar-refractivity contribution in [2.75, 3.05) is 5.32 Å². The third kappa shape index (κ3) is 3.31. The minimum Gasteiger partial charge on any atom is -0.379 e. The van der Waals surface area contributed by atoms with E-state index in [9.17, 15) is 13.2 Å². The first-order valence-electron chi connectivity index (χ1n) is 6.33. The summed E-state index contributed by atoms with van der Waals surface area (Å²) in [5.41, 5.74) is 1.71. The molecule has 20 heavy (non-hydrogen) atoms. The predicted octanol–water partition coefficient (Wildman–Crippen LogP) is 3.61. The van der Waals surface area contributed by atoms with E-state index < -0.39 is 11.9 Å². The van der Waals surface area contributed by atoms with Gasteiger partial charge in [0.15, 0.2) is 5.69 Å². The first kappa shape index (κ1) is 14.4. The fourth-order valence-corrected chi connectivity index (χ4v) is 1.86. The molecule has 0 bridgehead atoms. The lowest BCUT2D eigenvalue weighted by Crippen LogP contribution is -2.07. The van der Waals surface area contributed by atoms with Crippen LogP contribution in [0.25, 0.3) is 0 Å². The van der Waals surface area contributed by atoms with E-state index in [1.54, 1.807) is 0 Å². The molecule has 2 rings (SSSR count). The molecule has 0 unspecified atom stereocenters. The molecule has 0 atom stereocenters. The first-order chi connectivity index (χ1) is 9.40. The normalized spacial score (nSPS) is 11.7. The van der Waals surface area contributed by atoms with E-state index in [1.165, 1.54) is 17.3 Å². The largest absolute Gasteiger partial charge is 0.435 e. The third-order valence-corrected chi connectivity index (χ3v) is 3.10. The molecule has 1 aromatic heterocycles. The number of hydrogen-bond acceptors (Lipinski definition) is 2. The van der Waals surface area contributed by atoms with Gasteiger partial charge in [-0.15, -0.1) is 0 Å². The van der Waals surface area contributed by atoms with Crippen molar-refractivity contribution in [1.29, 1.82) is 0 Å². The molecule has 1 aromatic carbocycles. The molecule has 0 radical (unpaired) electrons. The van der Waals surface area contributed by atoms with Crippen molar-refractivity contribution in [2.45, 2.75) is 26.1 Å². The molecular formula is C14H16F3N3. The van der Waals surface area contributed by atoms with Gasteiger partial charge in [-0.05, 0) is 30.2 Å². The monoisotopic (exact) mass is 283 g/mol. The Morgan fingerprint density at radius 3 is 2.35 bits per heavy atom. The van der Waals surface area contributed by atoms with Crippen LogP contribution in [0.2, 0.25) is 0 Å². The SMILES string of the molecule is CCc1ccc(NCc2cc(C(F)(F)F)nn2C)cc1. The van der Waals surface area contributed by atoms with Gasteiger partial charge in [0, 0.05) is 12.7 Å². The van der Waals surface area contributed by atoms with Gasteiger partial charge in [0.25, 0.3) is 0 Å². The average molecular weight is 283 g/mol. The number of rotatable bonds is 4. The summed E-state index contributed by atoms with van der Waals surface area (Å²) < 4.78 is 38.8. The van der Waals surface area contributed by atoms with Crippen LogP contribution < -0.4 is 5.32 Å². The van der Waals surface area contributed by atoms with Crippen LogP contribution in [0.3, 0.4) is 0 Å². The summed E-state index contributed by atoms with van der Waals surface area (Å²) >= 11 is 0. The van der Waals surface area contributed by atoms with Crippen molar-refractivity contribution in [1.82, 2.24) is 9.78 Å². The van der Waals surface area contributed by atoms with Crippen molar-refractivity contribution in [3.05, 3.63) is 47.3 Å². The lowest BCUT2D eigenvalue weighted by atomic mass is 10.1. The number of halogens is 3. The molecule has 1 heterocycles. The van der Waals surface area contributed by atoms with E-state index in [1.807, 2.05) is 24.3 Å². The maximum Gasteiger partial charge on any atom is 0.435 e. The summed E-state index contributed by atoms with van der Waals surface area (Å²) in [6, 6.07) is 8.88. The molecule has 6 heteroatoms. The molecule has 0 amide bonds. The van der Waals surface area contributed by atoms with Gasteiger partial charge in [0.1, 0.15) is 0 Å². The Morgan fingerprint density at radius 1 is 1.20 bits per heavy atom. The Kier molecular flexibility index (Phi) is 4.01. The first-order valence-corrected chi connectivity index (χ1v) is 6.33. The topological polar surface area (TPSA) is 29.9 Å². The second kappa shape index (κ2) is 5.56. The van der Waals surface area contributed by atoms with Crippen LogP contribution in [0, 0.1) is 0 Å². The maximum atomic E-state index is 12.5. The quantitative estimate of drug-likeness (QED) is 0.929. The lowest BCUT2D eigenvalue weighted by Gasteiger charge is -2.07. The number of aromatic nitrogens is 2. The summed E-state index contributed by atoms with van der Waals surface area (Å²) in [6.45, 7) is 2.36. The molecule has 2 aromatic rings. The molecule has 108 valence electrons. The zero-order chi connectivity index (χ0) is 14.8. The highest BCUT2D eigenvalue weighted by Gasteiger charge is 2.34. The van der Waals surface area contributed by atoms with Crippen molar-refractivity contribution >= 4 is 5.69 Å². The minimum atomic E-state index is -4.40. The highest BCUT2D eigenvalue weighted by atomic mass is 19.4. The standard InChI is InChI=1S/C14H16F3N3/c1-3-10-4-6-11(7-5-10)18-9-12-8-13(14(15,16)17)19-20(12)2/h4-8,18H,3,9H2,1-2H3. The predicted molar refractivity (Wildman–Crippen MR) is 71.4 cm³/mol. The highest BCUT2D eigenvalue weighted by Crippen LogP contribution is 2.28. The minimum absolute atomic E-state index is 0.297. The smallest absolute Gasteiger partial charge is 0.379 e. The summed E-state index contributed by atoms with van der Waals surface area (Å²) in [5.74, 6) is 0. The Balaban J connectivity index is 2.05. The highest BCUT2D eigenvalue weighted by molar-refractivity contribution is 5.44. The van der Waals surface area contributed by atoms with Crippen molar-refractivity contribution in [3.8, 4) is 0 Å². The molecule has 0 fully saturated rings. The van der Waals surface area contributed by atoms with Gasteiger partial charge < -0.3 is 5.32 Å². The Labute approximate surface area is 115 Å². The Hall–Kier alpha value is -1.98. The number of aryl methyl sites for hydroxylation is 2.